The summed E-state index contributed by atoms with van der Waals surface area (Å²) in [6, 6.07) is 3.65. The van der Waals surface area contributed by atoms with Crippen molar-refractivity contribution in [2.75, 3.05) is 0 Å². The van der Waals surface area contributed by atoms with Crippen molar-refractivity contribution in [1.82, 2.24) is 19.9 Å². The quantitative estimate of drug-likeness (QED) is 0.864. The van der Waals surface area contributed by atoms with Crippen molar-refractivity contribution < 1.29 is 4.79 Å². The third-order valence-electron chi connectivity index (χ3n) is 2.90. The summed E-state index contributed by atoms with van der Waals surface area (Å²) in [5.74, 6) is 1.58. The molecule has 1 atom stereocenters. The largest absolute Gasteiger partial charge is 0.352 e. The highest BCUT2D eigenvalue weighted by atomic mass is 35.5. The lowest BCUT2D eigenvalue weighted by Crippen LogP contribution is -2.29. The molecule has 0 spiro atoms. The molecule has 22 heavy (non-hydrogen) atoms. The summed E-state index contributed by atoms with van der Waals surface area (Å²) in [5, 5.41) is 2.86. The van der Waals surface area contributed by atoms with E-state index in [-0.39, 0.29) is 36.8 Å². The summed E-state index contributed by atoms with van der Waals surface area (Å²) < 4.78 is 1.90. The first-order valence-corrected chi connectivity index (χ1v) is 6.54. The van der Waals surface area contributed by atoms with Crippen molar-refractivity contribution in [2.45, 2.75) is 32.9 Å². The summed E-state index contributed by atoms with van der Waals surface area (Å²) in [6.07, 6.45) is 5.62. The first-order chi connectivity index (χ1) is 9.58. The number of imidazole rings is 1. The van der Waals surface area contributed by atoms with E-state index in [1.54, 1.807) is 12.4 Å². The molecule has 0 fully saturated rings. The molecule has 2 aromatic rings. The Morgan fingerprint density at radius 2 is 2.09 bits per heavy atom. The van der Waals surface area contributed by atoms with Crippen LogP contribution in [0.25, 0.3) is 5.82 Å². The van der Waals surface area contributed by atoms with Crippen LogP contribution in [0.15, 0.2) is 30.7 Å². The second kappa shape index (κ2) is 9.40. The molecule has 3 N–H and O–H groups in total. The summed E-state index contributed by atoms with van der Waals surface area (Å²) in [5.41, 5.74) is 6.54. The first-order valence-electron chi connectivity index (χ1n) is 6.54. The Morgan fingerprint density at radius 3 is 2.68 bits per heavy atom. The normalized spacial score (nSPS) is 11.0. The third kappa shape index (κ3) is 5.29. The van der Waals surface area contributed by atoms with Crippen molar-refractivity contribution in [3.05, 3.63) is 42.1 Å². The van der Waals surface area contributed by atoms with E-state index >= 15 is 0 Å². The molecular formula is C14H21Cl2N5O. The van der Waals surface area contributed by atoms with Crippen LogP contribution in [0.5, 0.6) is 0 Å². The van der Waals surface area contributed by atoms with Gasteiger partial charge in [-0.05, 0) is 19.9 Å². The fourth-order valence-electron chi connectivity index (χ4n) is 1.95. The van der Waals surface area contributed by atoms with Crippen LogP contribution in [0.2, 0.25) is 0 Å². The van der Waals surface area contributed by atoms with E-state index in [1.165, 1.54) is 0 Å². The van der Waals surface area contributed by atoms with Crippen LogP contribution in [0.4, 0.5) is 0 Å². The van der Waals surface area contributed by atoms with E-state index < -0.39 is 0 Å². The fourth-order valence-corrected chi connectivity index (χ4v) is 1.95. The zero-order chi connectivity index (χ0) is 14.5. The number of nitrogens with one attached hydrogen (secondary N) is 1. The van der Waals surface area contributed by atoms with Gasteiger partial charge in [-0.3, -0.25) is 9.36 Å². The number of hydrogen-bond donors (Lipinski definition) is 2. The van der Waals surface area contributed by atoms with Crippen LogP contribution in [-0.2, 0) is 11.3 Å². The number of carbonyl (C=O) groups is 1. The topological polar surface area (TPSA) is 85.8 Å². The van der Waals surface area contributed by atoms with Crippen molar-refractivity contribution in [3.8, 4) is 5.82 Å². The third-order valence-corrected chi connectivity index (χ3v) is 2.90. The van der Waals surface area contributed by atoms with Crippen molar-refractivity contribution in [2.24, 2.45) is 5.73 Å². The highest BCUT2D eigenvalue weighted by Crippen LogP contribution is 2.13. The minimum absolute atomic E-state index is 0. The molecule has 6 nitrogen and oxygen atoms in total. The molecular weight excluding hydrogens is 325 g/mol. The van der Waals surface area contributed by atoms with Gasteiger partial charge in [0.05, 0.1) is 0 Å². The van der Waals surface area contributed by atoms with Crippen LogP contribution in [0.3, 0.4) is 0 Å². The first kappa shape index (κ1) is 20.4. The van der Waals surface area contributed by atoms with E-state index in [0.29, 0.717) is 13.0 Å². The number of nitrogens with two attached hydrogens (primary N) is 1. The lowest BCUT2D eigenvalue weighted by molar-refractivity contribution is -0.121. The van der Waals surface area contributed by atoms with Gasteiger partial charge in [-0.2, -0.15) is 0 Å². The molecule has 0 radical (unpaired) electrons. The standard InChI is InChI=1S/C14H19N5O.2ClH/c1-10(15)8-13(20)18-9-12-4-3-5-17-14(12)19-7-6-16-11(19)2;;/h3-7,10H,8-9,15H2,1-2H3,(H,18,20);2*1H. The second-order valence-electron chi connectivity index (χ2n) is 4.79. The van der Waals surface area contributed by atoms with Gasteiger partial charge in [0.15, 0.2) is 0 Å². The molecule has 2 aromatic heterocycles. The molecule has 1 unspecified atom stereocenters. The van der Waals surface area contributed by atoms with Crippen LogP contribution >= 0.6 is 24.8 Å². The van der Waals surface area contributed by atoms with E-state index in [4.69, 9.17) is 5.73 Å². The number of hydrogen-bond acceptors (Lipinski definition) is 4. The van der Waals surface area contributed by atoms with Gasteiger partial charge in [-0.25, -0.2) is 9.97 Å². The average Bonchev–Trinajstić information content (AvgIpc) is 2.82. The van der Waals surface area contributed by atoms with Crippen molar-refractivity contribution in [3.63, 3.8) is 0 Å². The Labute approximate surface area is 142 Å². The highest BCUT2D eigenvalue weighted by Gasteiger charge is 2.10. The second-order valence-corrected chi connectivity index (χ2v) is 4.79. The molecule has 122 valence electrons. The number of aryl methyl sites for hydroxylation is 1. The van der Waals surface area contributed by atoms with E-state index in [9.17, 15) is 4.79 Å². The molecule has 0 aliphatic rings. The smallest absolute Gasteiger partial charge is 0.221 e. The maximum atomic E-state index is 11.7. The molecule has 0 aliphatic carbocycles. The Bertz CT molecular complexity index is 600. The lowest BCUT2D eigenvalue weighted by atomic mass is 10.2. The number of halogens is 2. The van der Waals surface area contributed by atoms with Gasteiger partial charge in [0.2, 0.25) is 5.91 Å². The highest BCUT2D eigenvalue weighted by molar-refractivity contribution is 5.85. The summed E-state index contributed by atoms with van der Waals surface area (Å²) >= 11 is 0. The summed E-state index contributed by atoms with van der Waals surface area (Å²) in [6.45, 7) is 4.14. The molecule has 0 aromatic carbocycles. The van der Waals surface area contributed by atoms with E-state index in [2.05, 4.69) is 15.3 Å². The Hall–Kier alpha value is -1.63. The maximum Gasteiger partial charge on any atom is 0.221 e. The van der Waals surface area contributed by atoms with Crippen molar-refractivity contribution >= 4 is 30.7 Å². The van der Waals surface area contributed by atoms with Gasteiger partial charge in [0, 0.05) is 43.2 Å². The number of carbonyl (C=O) groups excluding carboxylic acids is 1. The van der Waals surface area contributed by atoms with Gasteiger partial charge < -0.3 is 11.1 Å². The van der Waals surface area contributed by atoms with Gasteiger partial charge in [-0.1, -0.05) is 6.07 Å². The predicted molar refractivity (Wildman–Crippen MR) is 90.7 cm³/mol. The molecule has 8 heteroatoms. The number of nitrogens with zero attached hydrogens (tertiary/aromatic N) is 3. The molecule has 0 saturated heterocycles. The average molecular weight is 346 g/mol. The van der Waals surface area contributed by atoms with Crippen LogP contribution in [0, 0.1) is 6.92 Å². The Morgan fingerprint density at radius 1 is 1.36 bits per heavy atom. The number of aromatic nitrogens is 3. The molecule has 0 bridgehead atoms. The maximum absolute atomic E-state index is 11.7. The van der Waals surface area contributed by atoms with Gasteiger partial charge in [-0.15, -0.1) is 24.8 Å². The van der Waals surface area contributed by atoms with Gasteiger partial charge in [0.1, 0.15) is 11.6 Å². The zero-order valence-corrected chi connectivity index (χ0v) is 14.2. The molecule has 1 amide bonds. The van der Waals surface area contributed by atoms with Crippen LogP contribution in [-0.4, -0.2) is 26.5 Å². The minimum Gasteiger partial charge on any atom is -0.352 e. The number of rotatable bonds is 5. The van der Waals surface area contributed by atoms with E-state index in [0.717, 1.165) is 17.2 Å². The number of pyridine rings is 1. The van der Waals surface area contributed by atoms with Gasteiger partial charge >= 0.3 is 0 Å². The summed E-state index contributed by atoms with van der Waals surface area (Å²) in [4.78, 5) is 20.2. The fraction of sp³-hybridized carbons (Fsp3) is 0.357. The minimum atomic E-state index is -0.140. The van der Waals surface area contributed by atoms with Crippen molar-refractivity contribution in [1.29, 1.82) is 0 Å². The molecule has 2 rings (SSSR count). The van der Waals surface area contributed by atoms with Gasteiger partial charge in [0.25, 0.3) is 0 Å². The Kier molecular flexibility index (Phi) is 8.70. The summed E-state index contributed by atoms with van der Waals surface area (Å²) in [7, 11) is 0. The van der Waals surface area contributed by atoms with E-state index in [1.807, 2.05) is 36.7 Å². The SMILES string of the molecule is Cc1nccn1-c1ncccc1CNC(=O)CC(C)N.Cl.Cl. The van der Waals surface area contributed by atoms with Crippen LogP contribution in [0.1, 0.15) is 24.7 Å². The monoisotopic (exact) mass is 345 g/mol. The zero-order valence-electron chi connectivity index (χ0n) is 12.5. The molecule has 0 saturated carbocycles. The lowest BCUT2D eigenvalue weighted by Gasteiger charge is -2.12. The Balaban J connectivity index is 0.00000220. The molecule has 2 heterocycles. The number of amides is 1. The van der Waals surface area contributed by atoms with Crippen LogP contribution < -0.4 is 11.1 Å². The molecule has 0 aliphatic heterocycles. The predicted octanol–water partition coefficient (Wildman–Crippen LogP) is 1.77.